The first-order chi connectivity index (χ1) is 17.3. The molecule has 0 unspecified atom stereocenters. The van der Waals surface area contributed by atoms with Gasteiger partial charge in [0, 0.05) is 6.42 Å². The molecule has 2 aromatic heterocycles. The number of halogens is 1. The van der Waals surface area contributed by atoms with Crippen LogP contribution in [0.25, 0.3) is 5.95 Å². The number of aromatic nitrogens is 5. The second-order valence-corrected chi connectivity index (χ2v) is 9.01. The first-order valence-corrected chi connectivity index (χ1v) is 11.4. The number of hydrogen-bond acceptors (Lipinski definition) is 7. The van der Waals surface area contributed by atoms with Crippen molar-refractivity contribution in [1.82, 2.24) is 25.0 Å². The molecule has 0 spiro atoms. The number of ether oxygens (including phenoxy) is 2. The minimum Gasteiger partial charge on any atom is -0.497 e. The van der Waals surface area contributed by atoms with Gasteiger partial charge in [-0.15, -0.1) is 10.2 Å². The smallest absolute Gasteiger partial charge is 0.272 e. The molecule has 10 heteroatoms. The van der Waals surface area contributed by atoms with Crippen LogP contribution in [-0.4, -0.2) is 45.1 Å². The summed E-state index contributed by atoms with van der Waals surface area (Å²) in [6, 6.07) is 14.0. The molecule has 1 amide bonds. The highest BCUT2D eigenvalue weighted by molar-refractivity contribution is 6.05. The standard InChI is InChI=1S/C26H25FN6O3/c1-26(2)22-23(32(24(26)34)14-16-9-11-18(35-3)12-10-16)28-25(30-29-22)33-15-21(36-4)20(31-33)13-17-7-5-6-8-19(17)27/h5-12,15H,13-14H2,1-4H3. The number of rotatable bonds is 7. The molecule has 3 heterocycles. The fourth-order valence-electron chi connectivity index (χ4n) is 4.21. The lowest BCUT2D eigenvalue weighted by molar-refractivity contribution is -0.122. The number of fused-ring (bicyclic) bond motifs is 1. The quantitative estimate of drug-likeness (QED) is 0.392. The Morgan fingerprint density at radius 1 is 1.00 bits per heavy atom. The van der Waals surface area contributed by atoms with Gasteiger partial charge in [0.1, 0.15) is 23.0 Å². The Hall–Kier alpha value is -4.34. The van der Waals surface area contributed by atoms with Crippen LogP contribution in [0.5, 0.6) is 11.5 Å². The molecule has 0 fully saturated rings. The van der Waals surface area contributed by atoms with Crippen molar-refractivity contribution in [1.29, 1.82) is 0 Å². The Morgan fingerprint density at radius 3 is 2.44 bits per heavy atom. The van der Waals surface area contributed by atoms with E-state index in [1.54, 1.807) is 36.4 Å². The molecule has 2 aromatic carbocycles. The van der Waals surface area contributed by atoms with Gasteiger partial charge in [-0.25, -0.2) is 9.07 Å². The van der Waals surface area contributed by atoms with Crippen molar-refractivity contribution in [2.45, 2.75) is 32.2 Å². The third-order valence-electron chi connectivity index (χ3n) is 6.28. The van der Waals surface area contributed by atoms with Crippen molar-refractivity contribution in [2.75, 3.05) is 19.1 Å². The lowest BCUT2D eigenvalue weighted by atomic mass is 9.91. The fourth-order valence-corrected chi connectivity index (χ4v) is 4.21. The summed E-state index contributed by atoms with van der Waals surface area (Å²) >= 11 is 0. The summed E-state index contributed by atoms with van der Waals surface area (Å²) in [5.74, 6) is 1.36. The largest absolute Gasteiger partial charge is 0.497 e. The predicted octanol–water partition coefficient (Wildman–Crippen LogP) is 3.63. The number of benzene rings is 2. The van der Waals surface area contributed by atoms with E-state index in [9.17, 15) is 9.18 Å². The maximum absolute atomic E-state index is 14.2. The second kappa shape index (κ2) is 9.03. The Kier molecular flexibility index (Phi) is 5.87. The number of carbonyl (C=O) groups excluding carboxylic acids is 1. The van der Waals surface area contributed by atoms with Gasteiger partial charge in [0.15, 0.2) is 11.6 Å². The Labute approximate surface area is 207 Å². The number of amides is 1. The molecule has 0 saturated heterocycles. The van der Waals surface area contributed by atoms with E-state index < -0.39 is 5.41 Å². The zero-order valence-electron chi connectivity index (χ0n) is 20.4. The molecule has 0 saturated carbocycles. The van der Waals surface area contributed by atoms with Gasteiger partial charge < -0.3 is 9.47 Å². The first kappa shape index (κ1) is 23.4. The molecule has 9 nitrogen and oxygen atoms in total. The maximum atomic E-state index is 14.2. The van der Waals surface area contributed by atoms with Crippen LogP contribution in [0.4, 0.5) is 10.2 Å². The number of anilines is 1. The minimum absolute atomic E-state index is 0.120. The van der Waals surface area contributed by atoms with E-state index in [1.807, 2.05) is 38.1 Å². The highest BCUT2D eigenvalue weighted by Crippen LogP contribution is 2.39. The van der Waals surface area contributed by atoms with Crippen LogP contribution in [0, 0.1) is 5.82 Å². The molecule has 0 N–H and O–H groups in total. The van der Waals surface area contributed by atoms with Gasteiger partial charge in [-0.1, -0.05) is 30.3 Å². The van der Waals surface area contributed by atoms with Gasteiger partial charge in [-0.2, -0.15) is 10.1 Å². The maximum Gasteiger partial charge on any atom is 0.272 e. The first-order valence-electron chi connectivity index (χ1n) is 11.4. The summed E-state index contributed by atoms with van der Waals surface area (Å²) in [5, 5.41) is 13.1. The normalized spacial score (nSPS) is 14.1. The molecule has 0 aliphatic carbocycles. The van der Waals surface area contributed by atoms with Gasteiger partial charge in [-0.05, 0) is 43.2 Å². The van der Waals surface area contributed by atoms with E-state index >= 15 is 0 Å². The van der Waals surface area contributed by atoms with Gasteiger partial charge >= 0.3 is 0 Å². The lowest BCUT2D eigenvalue weighted by Crippen LogP contribution is -2.36. The summed E-state index contributed by atoms with van der Waals surface area (Å²) in [7, 11) is 3.12. The SMILES string of the molecule is COc1ccc(CN2C(=O)C(C)(C)c3nnc(-n4cc(OC)c(Cc5ccccc5F)n4)nc32)cc1. The van der Waals surface area contributed by atoms with Crippen LogP contribution in [0.1, 0.15) is 36.4 Å². The zero-order valence-corrected chi connectivity index (χ0v) is 20.4. The van der Waals surface area contributed by atoms with Gasteiger partial charge in [0.25, 0.3) is 5.95 Å². The number of carbonyl (C=O) groups is 1. The van der Waals surface area contributed by atoms with E-state index in [0.29, 0.717) is 35.1 Å². The predicted molar refractivity (Wildman–Crippen MR) is 130 cm³/mol. The average Bonchev–Trinajstić information content (AvgIpc) is 3.38. The van der Waals surface area contributed by atoms with Crippen LogP contribution in [-0.2, 0) is 23.2 Å². The van der Waals surface area contributed by atoms with Crippen LogP contribution in [0.2, 0.25) is 0 Å². The molecule has 36 heavy (non-hydrogen) atoms. The van der Waals surface area contributed by atoms with E-state index in [4.69, 9.17) is 9.47 Å². The van der Waals surface area contributed by atoms with Crippen molar-refractivity contribution < 1.29 is 18.7 Å². The summed E-state index contributed by atoms with van der Waals surface area (Å²) in [5.41, 5.74) is 1.56. The highest BCUT2D eigenvalue weighted by atomic mass is 19.1. The second-order valence-electron chi connectivity index (χ2n) is 9.01. The van der Waals surface area contributed by atoms with Crippen molar-refractivity contribution in [2.24, 2.45) is 0 Å². The van der Waals surface area contributed by atoms with E-state index in [-0.39, 0.29) is 24.1 Å². The molecule has 0 radical (unpaired) electrons. The van der Waals surface area contributed by atoms with Crippen LogP contribution in [0.15, 0.2) is 54.7 Å². The van der Waals surface area contributed by atoms with Crippen molar-refractivity contribution in [3.63, 3.8) is 0 Å². The molecular formula is C26H25FN6O3. The monoisotopic (exact) mass is 488 g/mol. The number of hydrogen-bond donors (Lipinski definition) is 0. The minimum atomic E-state index is -0.877. The fraction of sp³-hybridized carbons (Fsp3) is 0.269. The molecular weight excluding hydrogens is 463 g/mol. The summed E-state index contributed by atoms with van der Waals surface area (Å²) in [6.07, 6.45) is 1.85. The van der Waals surface area contributed by atoms with E-state index in [1.165, 1.54) is 17.9 Å². The van der Waals surface area contributed by atoms with Gasteiger partial charge in [-0.3, -0.25) is 9.69 Å². The topological polar surface area (TPSA) is 95.3 Å². The number of methoxy groups -OCH3 is 2. The third-order valence-corrected chi connectivity index (χ3v) is 6.28. The molecule has 1 aliphatic heterocycles. The van der Waals surface area contributed by atoms with Crippen molar-refractivity contribution >= 4 is 11.7 Å². The van der Waals surface area contributed by atoms with Crippen LogP contribution >= 0.6 is 0 Å². The van der Waals surface area contributed by atoms with Crippen molar-refractivity contribution in [3.8, 4) is 17.4 Å². The molecule has 1 aliphatic rings. The van der Waals surface area contributed by atoms with Gasteiger partial charge in [0.2, 0.25) is 5.91 Å². The van der Waals surface area contributed by atoms with Crippen LogP contribution in [0.3, 0.4) is 0 Å². The highest BCUT2D eigenvalue weighted by Gasteiger charge is 2.47. The zero-order chi connectivity index (χ0) is 25.4. The molecule has 0 atom stereocenters. The number of nitrogens with zero attached hydrogens (tertiary/aromatic N) is 6. The van der Waals surface area contributed by atoms with Gasteiger partial charge in [0.05, 0.1) is 32.4 Å². The summed E-state index contributed by atoms with van der Waals surface area (Å²) < 4.78 is 26.3. The molecule has 184 valence electrons. The van der Waals surface area contributed by atoms with E-state index in [2.05, 4.69) is 20.3 Å². The lowest BCUT2D eigenvalue weighted by Gasteiger charge is -2.19. The van der Waals surface area contributed by atoms with Crippen LogP contribution < -0.4 is 14.4 Å². The third kappa shape index (κ3) is 4.04. The molecule has 0 bridgehead atoms. The summed E-state index contributed by atoms with van der Waals surface area (Å²) in [6.45, 7) is 3.93. The summed E-state index contributed by atoms with van der Waals surface area (Å²) in [4.78, 5) is 19.6. The van der Waals surface area contributed by atoms with Crippen molar-refractivity contribution in [3.05, 3.63) is 83.1 Å². The molecule has 5 rings (SSSR count). The Morgan fingerprint density at radius 2 is 1.75 bits per heavy atom. The van der Waals surface area contributed by atoms with E-state index in [0.717, 1.165) is 11.3 Å². The Balaban J connectivity index is 1.50. The molecule has 4 aromatic rings. The Bertz CT molecular complexity index is 1430. The average molecular weight is 489 g/mol.